The maximum Gasteiger partial charge on any atom is 0.338 e. The summed E-state index contributed by atoms with van der Waals surface area (Å²) < 4.78 is 24.9. The molecule has 8 nitrogen and oxygen atoms in total. The van der Waals surface area contributed by atoms with Crippen LogP contribution in [-0.4, -0.2) is 25.7 Å². The van der Waals surface area contributed by atoms with E-state index >= 15 is 0 Å². The standard InChI is InChI=1S/C21H17FN4O4/c1-3-26-17-9-6-14(10-16(17)23-12(2)20(26)27)21(28)29-11-18-24-19(25-30-18)13-4-7-15(22)8-5-13/h4-10H,3,11H2,1-2H3. The van der Waals surface area contributed by atoms with E-state index in [2.05, 4.69) is 15.1 Å². The van der Waals surface area contributed by atoms with E-state index in [4.69, 9.17) is 9.26 Å². The number of hydrogen-bond donors (Lipinski definition) is 0. The molecule has 0 aliphatic carbocycles. The summed E-state index contributed by atoms with van der Waals surface area (Å²) >= 11 is 0. The number of ether oxygens (including phenoxy) is 1. The first-order valence-corrected chi connectivity index (χ1v) is 9.23. The van der Waals surface area contributed by atoms with Crippen molar-refractivity contribution in [3.05, 3.63) is 75.8 Å². The quantitative estimate of drug-likeness (QED) is 0.467. The summed E-state index contributed by atoms with van der Waals surface area (Å²) in [7, 11) is 0. The van der Waals surface area contributed by atoms with Crippen LogP contribution in [0.4, 0.5) is 4.39 Å². The van der Waals surface area contributed by atoms with Crippen molar-refractivity contribution in [2.24, 2.45) is 0 Å². The Bertz CT molecular complexity index is 1290. The van der Waals surface area contributed by atoms with E-state index in [9.17, 15) is 14.0 Å². The summed E-state index contributed by atoms with van der Waals surface area (Å²) in [6.45, 7) is 3.78. The van der Waals surface area contributed by atoms with Crippen LogP contribution in [0.15, 0.2) is 51.8 Å². The average Bonchev–Trinajstić information content (AvgIpc) is 3.22. The van der Waals surface area contributed by atoms with Crippen molar-refractivity contribution in [2.45, 2.75) is 27.0 Å². The summed E-state index contributed by atoms with van der Waals surface area (Å²) in [4.78, 5) is 33.0. The minimum Gasteiger partial charge on any atom is -0.452 e. The van der Waals surface area contributed by atoms with Crippen molar-refractivity contribution in [3.8, 4) is 11.4 Å². The first-order valence-electron chi connectivity index (χ1n) is 9.23. The van der Waals surface area contributed by atoms with Gasteiger partial charge in [0.15, 0.2) is 6.61 Å². The largest absolute Gasteiger partial charge is 0.452 e. The van der Waals surface area contributed by atoms with Gasteiger partial charge in [-0.05, 0) is 56.3 Å². The van der Waals surface area contributed by atoms with Crippen molar-refractivity contribution < 1.29 is 18.4 Å². The van der Waals surface area contributed by atoms with Crippen LogP contribution in [0.5, 0.6) is 0 Å². The van der Waals surface area contributed by atoms with Gasteiger partial charge in [0.25, 0.3) is 11.4 Å². The number of rotatable bonds is 5. The Morgan fingerprint density at radius 2 is 1.93 bits per heavy atom. The molecule has 0 N–H and O–H groups in total. The lowest BCUT2D eigenvalue weighted by atomic mass is 10.2. The molecular formula is C21H17FN4O4. The lowest BCUT2D eigenvalue weighted by Gasteiger charge is -2.09. The fourth-order valence-corrected chi connectivity index (χ4v) is 3.06. The maximum absolute atomic E-state index is 13.0. The molecular weight excluding hydrogens is 391 g/mol. The second kappa shape index (κ2) is 7.86. The van der Waals surface area contributed by atoms with Gasteiger partial charge in [-0.25, -0.2) is 14.2 Å². The van der Waals surface area contributed by atoms with Crippen LogP contribution < -0.4 is 5.56 Å². The Morgan fingerprint density at radius 1 is 1.17 bits per heavy atom. The average molecular weight is 408 g/mol. The van der Waals surface area contributed by atoms with Gasteiger partial charge in [-0.15, -0.1) is 0 Å². The molecule has 0 aliphatic heterocycles. The van der Waals surface area contributed by atoms with E-state index in [1.54, 1.807) is 29.7 Å². The van der Waals surface area contributed by atoms with Gasteiger partial charge in [-0.2, -0.15) is 4.98 Å². The van der Waals surface area contributed by atoms with Gasteiger partial charge in [0.1, 0.15) is 11.5 Å². The van der Waals surface area contributed by atoms with Crippen LogP contribution >= 0.6 is 0 Å². The molecule has 9 heteroatoms. The van der Waals surface area contributed by atoms with Crippen molar-refractivity contribution in [1.29, 1.82) is 0 Å². The van der Waals surface area contributed by atoms with E-state index in [-0.39, 0.29) is 35.3 Å². The molecule has 4 aromatic rings. The molecule has 0 radical (unpaired) electrons. The predicted molar refractivity (Wildman–Crippen MR) is 105 cm³/mol. The third-order valence-electron chi connectivity index (χ3n) is 4.56. The van der Waals surface area contributed by atoms with Gasteiger partial charge in [-0.3, -0.25) is 4.79 Å². The second-order valence-corrected chi connectivity index (χ2v) is 6.54. The molecule has 0 saturated carbocycles. The molecule has 2 aromatic carbocycles. The molecule has 2 aromatic heterocycles. The molecule has 0 fully saturated rings. The molecule has 0 amide bonds. The van der Waals surface area contributed by atoms with Gasteiger partial charge in [-0.1, -0.05) is 5.16 Å². The fraction of sp³-hybridized carbons (Fsp3) is 0.190. The monoisotopic (exact) mass is 408 g/mol. The zero-order valence-electron chi connectivity index (χ0n) is 16.3. The smallest absolute Gasteiger partial charge is 0.338 e. The third-order valence-corrected chi connectivity index (χ3v) is 4.56. The third kappa shape index (κ3) is 3.69. The molecule has 152 valence electrons. The SMILES string of the molecule is CCn1c(=O)c(C)nc2cc(C(=O)OCc3nc(-c4ccc(F)cc4)no3)ccc21. The van der Waals surface area contributed by atoms with Crippen molar-refractivity contribution in [3.63, 3.8) is 0 Å². The highest BCUT2D eigenvalue weighted by molar-refractivity contribution is 5.93. The molecule has 0 atom stereocenters. The Labute approximate surface area is 169 Å². The van der Waals surface area contributed by atoms with Crippen LogP contribution in [-0.2, 0) is 17.9 Å². The molecule has 2 heterocycles. The number of nitrogens with zero attached hydrogens (tertiary/aromatic N) is 4. The van der Waals surface area contributed by atoms with Gasteiger partial charge in [0.2, 0.25) is 5.82 Å². The highest BCUT2D eigenvalue weighted by Gasteiger charge is 2.15. The summed E-state index contributed by atoms with van der Waals surface area (Å²) in [5, 5.41) is 3.80. The van der Waals surface area contributed by atoms with Crippen LogP contribution in [0.25, 0.3) is 22.4 Å². The molecule has 4 rings (SSSR count). The number of halogens is 1. The Morgan fingerprint density at radius 3 is 2.67 bits per heavy atom. The molecule has 0 aliphatic rings. The normalized spacial score (nSPS) is 11.0. The fourth-order valence-electron chi connectivity index (χ4n) is 3.06. The van der Waals surface area contributed by atoms with E-state index in [0.29, 0.717) is 28.8 Å². The van der Waals surface area contributed by atoms with Crippen molar-refractivity contribution in [2.75, 3.05) is 0 Å². The van der Waals surface area contributed by atoms with Gasteiger partial charge in [0, 0.05) is 12.1 Å². The summed E-state index contributed by atoms with van der Waals surface area (Å²) in [5.41, 5.74) is 2.23. The lowest BCUT2D eigenvalue weighted by Crippen LogP contribution is -2.23. The number of fused-ring (bicyclic) bond motifs is 1. The molecule has 0 spiro atoms. The van der Waals surface area contributed by atoms with Crippen LogP contribution in [0.3, 0.4) is 0 Å². The maximum atomic E-state index is 13.0. The number of carbonyl (C=O) groups is 1. The Balaban J connectivity index is 1.50. The lowest BCUT2D eigenvalue weighted by molar-refractivity contribution is 0.0430. The van der Waals surface area contributed by atoms with E-state index < -0.39 is 5.97 Å². The molecule has 0 saturated heterocycles. The van der Waals surface area contributed by atoms with Crippen molar-refractivity contribution in [1.82, 2.24) is 19.7 Å². The zero-order chi connectivity index (χ0) is 21.3. The summed E-state index contributed by atoms with van der Waals surface area (Å²) in [6, 6.07) is 10.4. The number of aromatic nitrogens is 4. The van der Waals surface area contributed by atoms with E-state index in [0.717, 1.165) is 0 Å². The Hall–Kier alpha value is -3.88. The predicted octanol–water partition coefficient (Wildman–Crippen LogP) is 3.27. The van der Waals surface area contributed by atoms with E-state index in [1.165, 1.54) is 24.3 Å². The molecule has 30 heavy (non-hydrogen) atoms. The summed E-state index contributed by atoms with van der Waals surface area (Å²) in [5.74, 6) is -0.583. The van der Waals surface area contributed by atoms with Crippen LogP contribution in [0.1, 0.15) is 28.9 Å². The highest BCUT2D eigenvalue weighted by Crippen LogP contribution is 2.18. The van der Waals surface area contributed by atoms with Crippen molar-refractivity contribution >= 4 is 17.0 Å². The first-order chi connectivity index (χ1) is 14.5. The van der Waals surface area contributed by atoms with Gasteiger partial charge >= 0.3 is 5.97 Å². The Kier molecular flexibility index (Phi) is 5.09. The number of aryl methyl sites for hydroxylation is 2. The molecule has 0 unspecified atom stereocenters. The number of hydrogen-bond acceptors (Lipinski definition) is 7. The number of esters is 1. The topological polar surface area (TPSA) is 100 Å². The first kappa shape index (κ1) is 19.4. The minimum atomic E-state index is -0.591. The minimum absolute atomic E-state index is 0.109. The van der Waals surface area contributed by atoms with Crippen LogP contribution in [0.2, 0.25) is 0 Å². The van der Waals surface area contributed by atoms with Gasteiger partial charge < -0.3 is 13.8 Å². The highest BCUT2D eigenvalue weighted by atomic mass is 19.1. The second-order valence-electron chi connectivity index (χ2n) is 6.54. The number of benzene rings is 2. The number of carbonyl (C=O) groups excluding carboxylic acids is 1. The van der Waals surface area contributed by atoms with E-state index in [1.807, 2.05) is 6.92 Å². The zero-order valence-corrected chi connectivity index (χ0v) is 16.3. The van der Waals surface area contributed by atoms with Crippen LogP contribution in [0, 0.1) is 12.7 Å². The summed E-state index contributed by atoms with van der Waals surface area (Å²) in [6.07, 6.45) is 0. The molecule has 0 bridgehead atoms. The van der Waals surface area contributed by atoms with Gasteiger partial charge in [0.05, 0.1) is 16.6 Å².